The van der Waals surface area contributed by atoms with E-state index < -0.39 is 0 Å². The molecule has 0 fully saturated rings. The van der Waals surface area contributed by atoms with Gasteiger partial charge in [-0.3, -0.25) is 0 Å². The van der Waals surface area contributed by atoms with Crippen molar-refractivity contribution in [1.82, 2.24) is 0 Å². The zero-order valence-corrected chi connectivity index (χ0v) is 23.7. The highest BCUT2D eigenvalue weighted by molar-refractivity contribution is 6.11. The molecule has 7 aromatic rings. The molecule has 43 heavy (non-hydrogen) atoms. The van der Waals surface area contributed by atoms with Gasteiger partial charge in [0.25, 0.3) is 0 Å². The molecule has 0 saturated heterocycles. The van der Waals surface area contributed by atoms with Crippen LogP contribution in [0.5, 0.6) is 11.5 Å². The SMILES string of the molecule is c1ccc(-c2ccc3c4c(ccc3c2)OCC(c2ccccc2)COc2ccc3cc(-c5ccccc5)ccc3c2-4)cc1. The predicted octanol–water partition coefficient (Wildman–Crippen LogP) is 10.5. The van der Waals surface area contributed by atoms with E-state index in [0.29, 0.717) is 13.2 Å². The van der Waals surface area contributed by atoms with E-state index in [-0.39, 0.29) is 5.92 Å². The molecule has 0 unspecified atom stereocenters. The molecule has 0 atom stereocenters. The standard InChI is InChI=1S/C41H30O2/c1-4-10-28(11-5-1)31-16-20-36-33(24-31)18-22-38-40(36)41-37-21-17-32(29-12-6-2-7-13-29)25-34(37)19-23-39(41)43-27-35(26-42-38)30-14-8-3-9-15-30/h1-25,35H,26-27H2. The highest BCUT2D eigenvalue weighted by Crippen LogP contribution is 2.47. The van der Waals surface area contributed by atoms with E-state index in [1.807, 2.05) is 0 Å². The fourth-order valence-electron chi connectivity index (χ4n) is 6.34. The lowest BCUT2D eigenvalue weighted by Gasteiger charge is -2.18. The Labute approximate surface area is 251 Å². The van der Waals surface area contributed by atoms with Gasteiger partial charge in [-0.15, -0.1) is 0 Å². The first-order valence-electron chi connectivity index (χ1n) is 14.9. The van der Waals surface area contributed by atoms with Crippen LogP contribution in [0.4, 0.5) is 0 Å². The van der Waals surface area contributed by atoms with Gasteiger partial charge in [0.2, 0.25) is 0 Å². The van der Waals surface area contributed by atoms with Gasteiger partial charge >= 0.3 is 0 Å². The molecule has 0 spiro atoms. The molecular weight excluding hydrogens is 524 g/mol. The molecule has 1 heterocycles. The molecule has 0 bridgehead atoms. The van der Waals surface area contributed by atoms with E-state index in [4.69, 9.17) is 9.47 Å². The average molecular weight is 555 g/mol. The van der Waals surface area contributed by atoms with Crippen LogP contribution >= 0.6 is 0 Å². The van der Waals surface area contributed by atoms with Crippen LogP contribution in [0.3, 0.4) is 0 Å². The number of rotatable bonds is 3. The summed E-state index contributed by atoms with van der Waals surface area (Å²) in [6.45, 7) is 1.07. The number of hydrogen-bond acceptors (Lipinski definition) is 2. The van der Waals surface area contributed by atoms with E-state index in [2.05, 4.69) is 152 Å². The van der Waals surface area contributed by atoms with E-state index in [9.17, 15) is 0 Å². The molecule has 0 amide bonds. The molecule has 7 aromatic carbocycles. The summed E-state index contributed by atoms with van der Waals surface area (Å²) in [5, 5.41) is 4.65. The fraction of sp³-hybridized carbons (Fsp3) is 0.0732. The minimum atomic E-state index is 0.104. The van der Waals surface area contributed by atoms with Crippen LogP contribution < -0.4 is 9.47 Å². The van der Waals surface area contributed by atoms with Crippen molar-refractivity contribution in [2.24, 2.45) is 0 Å². The van der Waals surface area contributed by atoms with Crippen molar-refractivity contribution in [1.29, 1.82) is 0 Å². The number of fused-ring (bicyclic) bond motifs is 7. The summed E-state index contributed by atoms with van der Waals surface area (Å²) >= 11 is 0. The molecular formula is C41H30O2. The van der Waals surface area contributed by atoms with Gasteiger partial charge in [0.05, 0.1) is 19.1 Å². The quantitative estimate of drug-likeness (QED) is 0.216. The third-order valence-electron chi connectivity index (χ3n) is 8.58. The second-order valence-corrected chi connectivity index (χ2v) is 11.2. The molecule has 0 N–H and O–H groups in total. The topological polar surface area (TPSA) is 18.5 Å². The lowest BCUT2D eigenvalue weighted by Crippen LogP contribution is -2.17. The number of benzene rings is 7. The Balaban J connectivity index is 1.35. The van der Waals surface area contributed by atoms with E-state index in [1.165, 1.54) is 38.6 Å². The summed E-state index contributed by atoms with van der Waals surface area (Å²) < 4.78 is 13.4. The lowest BCUT2D eigenvalue weighted by molar-refractivity contribution is 0.223. The van der Waals surface area contributed by atoms with Crippen molar-refractivity contribution in [3.05, 3.63) is 157 Å². The predicted molar refractivity (Wildman–Crippen MR) is 178 cm³/mol. The van der Waals surface area contributed by atoms with Crippen LogP contribution in [0.2, 0.25) is 0 Å². The maximum absolute atomic E-state index is 6.72. The molecule has 1 aliphatic heterocycles. The van der Waals surface area contributed by atoms with Gasteiger partial charge in [-0.05, 0) is 73.6 Å². The molecule has 1 aliphatic rings. The van der Waals surface area contributed by atoms with Crippen LogP contribution in [0.1, 0.15) is 11.5 Å². The summed E-state index contributed by atoms with van der Waals surface area (Å²) in [5.41, 5.74) is 8.19. The highest BCUT2D eigenvalue weighted by Gasteiger charge is 2.24. The van der Waals surface area contributed by atoms with E-state index >= 15 is 0 Å². The molecule has 0 aromatic heterocycles. The normalized spacial score (nSPS) is 13.2. The van der Waals surface area contributed by atoms with Gasteiger partial charge in [0.1, 0.15) is 11.5 Å². The van der Waals surface area contributed by atoms with Crippen molar-refractivity contribution in [3.8, 4) is 44.9 Å². The molecule has 2 heteroatoms. The fourth-order valence-corrected chi connectivity index (χ4v) is 6.34. The van der Waals surface area contributed by atoms with Gasteiger partial charge < -0.3 is 9.47 Å². The van der Waals surface area contributed by atoms with Gasteiger partial charge in [-0.1, -0.05) is 127 Å². The summed E-state index contributed by atoms with van der Waals surface area (Å²) in [7, 11) is 0. The van der Waals surface area contributed by atoms with Crippen LogP contribution in [0, 0.1) is 0 Å². The zero-order valence-electron chi connectivity index (χ0n) is 23.7. The number of hydrogen-bond donors (Lipinski definition) is 0. The molecule has 0 saturated carbocycles. The van der Waals surface area contributed by atoms with Gasteiger partial charge in [0.15, 0.2) is 0 Å². The van der Waals surface area contributed by atoms with Crippen molar-refractivity contribution >= 4 is 21.5 Å². The van der Waals surface area contributed by atoms with Gasteiger partial charge in [-0.25, -0.2) is 0 Å². The van der Waals surface area contributed by atoms with E-state index in [0.717, 1.165) is 33.4 Å². The van der Waals surface area contributed by atoms with Gasteiger partial charge in [-0.2, -0.15) is 0 Å². The van der Waals surface area contributed by atoms with Crippen LogP contribution in [0.25, 0.3) is 54.9 Å². The Bertz CT molecular complexity index is 1930. The lowest BCUT2D eigenvalue weighted by atomic mass is 9.90. The second kappa shape index (κ2) is 10.8. The second-order valence-electron chi connectivity index (χ2n) is 11.2. The Morgan fingerprint density at radius 2 is 0.837 bits per heavy atom. The van der Waals surface area contributed by atoms with E-state index in [1.54, 1.807) is 0 Å². The van der Waals surface area contributed by atoms with Crippen molar-refractivity contribution in [3.63, 3.8) is 0 Å². The molecule has 206 valence electrons. The van der Waals surface area contributed by atoms with Crippen molar-refractivity contribution in [2.75, 3.05) is 13.2 Å². The third-order valence-corrected chi connectivity index (χ3v) is 8.58. The van der Waals surface area contributed by atoms with Crippen LogP contribution in [0.15, 0.2) is 152 Å². The zero-order chi connectivity index (χ0) is 28.6. The van der Waals surface area contributed by atoms with Crippen LogP contribution in [-0.2, 0) is 0 Å². The Morgan fingerprint density at radius 3 is 1.30 bits per heavy atom. The smallest absolute Gasteiger partial charge is 0.127 e. The number of ether oxygens (including phenoxy) is 2. The first-order valence-corrected chi connectivity index (χ1v) is 14.9. The highest BCUT2D eigenvalue weighted by atomic mass is 16.5. The summed E-state index contributed by atoms with van der Waals surface area (Å²) in [5.74, 6) is 1.87. The monoisotopic (exact) mass is 554 g/mol. The summed E-state index contributed by atoms with van der Waals surface area (Å²) in [6, 6.07) is 53.8. The molecule has 2 nitrogen and oxygen atoms in total. The molecule has 0 aliphatic carbocycles. The van der Waals surface area contributed by atoms with Crippen molar-refractivity contribution in [2.45, 2.75) is 5.92 Å². The van der Waals surface area contributed by atoms with Crippen molar-refractivity contribution < 1.29 is 9.47 Å². The van der Waals surface area contributed by atoms with Crippen LogP contribution in [-0.4, -0.2) is 13.2 Å². The largest absolute Gasteiger partial charge is 0.492 e. The molecule has 8 rings (SSSR count). The summed E-state index contributed by atoms with van der Waals surface area (Å²) in [4.78, 5) is 0. The maximum Gasteiger partial charge on any atom is 0.127 e. The minimum absolute atomic E-state index is 0.104. The first kappa shape index (κ1) is 25.4. The maximum atomic E-state index is 6.72. The van der Waals surface area contributed by atoms with Gasteiger partial charge in [0, 0.05) is 11.1 Å². The summed E-state index contributed by atoms with van der Waals surface area (Å²) in [6.07, 6.45) is 0. The first-order chi connectivity index (χ1) is 21.3. The minimum Gasteiger partial charge on any atom is -0.492 e. The Morgan fingerprint density at radius 1 is 0.395 bits per heavy atom. The average Bonchev–Trinajstić information content (AvgIpc) is 3.16. The molecule has 0 radical (unpaired) electrons. The Hall–Kier alpha value is -5.34. The third kappa shape index (κ3) is 4.71. The Kier molecular flexibility index (Phi) is 6.38.